The monoisotopic (exact) mass is 568 g/mol. The zero-order chi connectivity index (χ0) is 29.4. The number of hydrogen-bond acceptors (Lipinski definition) is 4. The molecule has 0 radical (unpaired) electrons. The van der Waals surface area contributed by atoms with Gasteiger partial charge < -0.3 is 15.2 Å². The fourth-order valence-corrected chi connectivity index (χ4v) is 5.30. The molecule has 1 unspecified atom stereocenters. The van der Waals surface area contributed by atoms with Gasteiger partial charge in [0, 0.05) is 12.8 Å². The summed E-state index contributed by atoms with van der Waals surface area (Å²) in [7, 11) is 0. The number of aliphatic hydroxyl groups excluding tert-OH is 1. The molecule has 0 aliphatic carbocycles. The van der Waals surface area contributed by atoms with Crippen molar-refractivity contribution in [1.82, 2.24) is 5.32 Å². The van der Waals surface area contributed by atoms with Gasteiger partial charge in [0.05, 0.1) is 12.6 Å². The van der Waals surface area contributed by atoms with Crippen molar-refractivity contribution in [3.8, 4) is 0 Å². The molecule has 5 nitrogen and oxygen atoms in total. The second-order valence-corrected chi connectivity index (χ2v) is 12.1. The summed E-state index contributed by atoms with van der Waals surface area (Å²) in [5.74, 6) is -0.290. The van der Waals surface area contributed by atoms with Crippen LogP contribution < -0.4 is 5.32 Å². The van der Waals surface area contributed by atoms with Crippen molar-refractivity contribution in [3.05, 3.63) is 0 Å². The summed E-state index contributed by atoms with van der Waals surface area (Å²) in [6.07, 6.45) is 34.2. The molecule has 0 bridgehead atoms. The number of ether oxygens (including phenoxy) is 1. The SMILES string of the molecule is CCCCCCCCCCCCCCCC(=O)NC(CO)COC(=O)CCCCCCCCCCCCCCC. The van der Waals surface area contributed by atoms with Crippen LogP contribution in [0.15, 0.2) is 0 Å². The second-order valence-electron chi connectivity index (χ2n) is 12.1. The van der Waals surface area contributed by atoms with Crippen LogP contribution >= 0.6 is 0 Å². The van der Waals surface area contributed by atoms with Gasteiger partial charge in [-0.2, -0.15) is 0 Å². The average Bonchev–Trinajstić information content (AvgIpc) is 2.96. The van der Waals surface area contributed by atoms with Crippen molar-refractivity contribution in [2.75, 3.05) is 13.2 Å². The Morgan fingerprint density at radius 1 is 0.525 bits per heavy atom. The van der Waals surface area contributed by atoms with Gasteiger partial charge in [0.2, 0.25) is 5.91 Å². The zero-order valence-corrected chi connectivity index (χ0v) is 27.0. The fourth-order valence-electron chi connectivity index (χ4n) is 5.30. The summed E-state index contributed by atoms with van der Waals surface area (Å²) in [4.78, 5) is 24.2. The number of aliphatic hydroxyl groups is 1. The number of carbonyl (C=O) groups is 2. The Bertz CT molecular complexity index is 539. The molecule has 1 amide bonds. The molecule has 0 fully saturated rings. The van der Waals surface area contributed by atoms with Crippen LogP contribution in [0.25, 0.3) is 0 Å². The Kier molecular flexibility index (Phi) is 31.5. The number of unbranched alkanes of at least 4 members (excludes halogenated alkanes) is 24. The number of amides is 1. The molecule has 238 valence electrons. The molecule has 1 atom stereocenters. The Morgan fingerprint density at radius 2 is 0.850 bits per heavy atom. The third-order valence-corrected chi connectivity index (χ3v) is 8.02. The summed E-state index contributed by atoms with van der Waals surface area (Å²) in [6, 6.07) is -0.509. The third kappa shape index (κ3) is 29.9. The predicted molar refractivity (Wildman–Crippen MR) is 171 cm³/mol. The first-order valence-corrected chi connectivity index (χ1v) is 17.7. The smallest absolute Gasteiger partial charge is 0.305 e. The highest BCUT2D eigenvalue weighted by Gasteiger charge is 2.14. The Hall–Kier alpha value is -1.10. The summed E-state index contributed by atoms with van der Waals surface area (Å²) < 4.78 is 5.31. The summed E-state index contributed by atoms with van der Waals surface area (Å²) >= 11 is 0. The number of nitrogens with one attached hydrogen (secondary N) is 1. The van der Waals surface area contributed by atoms with E-state index in [2.05, 4.69) is 19.2 Å². The molecule has 0 heterocycles. The Labute approximate surface area is 249 Å². The van der Waals surface area contributed by atoms with Crippen LogP contribution in [0.4, 0.5) is 0 Å². The van der Waals surface area contributed by atoms with Crippen LogP contribution in [0.5, 0.6) is 0 Å². The van der Waals surface area contributed by atoms with Crippen LogP contribution in [0.3, 0.4) is 0 Å². The number of carbonyl (C=O) groups excluding carboxylic acids is 2. The molecule has 40 heavy (non-hydrogen) atoms. The number of rotatable bonds is 32. The first-order valence-electron chi connectivity index (χ1n) is 17.7. The average molecular weight is 568 g/mol. The van der Waals surface area contributed by atoms with Crippen molar-refractivity contribution in [2.24, 2.45) is 0 Å². The maximum absolute atomic E-state index is 12.2. The number of hydrogen-bond donors (Lipinski definition) is 2. The molecule has 0 aromatic carbocycles. The van der Waals surface area contributed by atoms with Crippen LogP contribution in [0, 0.1) is 0 Å². The molecule has 5 heteroatoms. The van der Waals surface area contributed by atoms with E-state index in [9.17, 15) is 14.7 Å². The minimum Gasteiger partial charge on any atom is -0.463 e. The van der Waals surface area contributed by atoms with Gasteiger partial charge in [0.15, 0.2) is 0 Å². The lowest BCUT2D eigenvalue weighted by Gasteiger charge is -2.16. The highest BCUT2D eigenvalue weighted by Crippen LogP contribution is 2.14. The van der Waals surface area contributed by atoms with Crippen molar-refractivity contribution < 1.29 is 19.4 Å². The standard InChI is InChI=1S/C35H69NO4/c1-3-5-7-9-11-13-15-17-19-21-23-25-27-29-34(38)36-33(31-37)32-40-35(39)30-28-26-24-22-20-18-16-14-12-10-8-6-4-2/h33,37H,3-32H2,1-2H3,(H,36,38). The molecule has 0 rings (SSSR count). The van der Waals surface area contributed by atoms with E-state index in [0.29, 0.717) is 12.8 Å². The van der Waals surface area contributed by atoms with Gasteiger partial charge in [0.1, 0.15) is 6.61 Å². The third-order valence-electron chi connectivity index (χ3n) is 8.02. The van der Waals surface area contributed by atoms with E-state index in [0.717, 1.165) is 25.7 Å². The van der Waals surface area contributed by atoms with Gasteiger partial charge in [-0.3, -0.25) is 9.59 Å². The molecule has 2 N–H and O–H groups in total. The predicted octanol–water partition coefficient (Wildman–Crippen LogP) is 9.97. The minimum atomic E-state index is -0.509. The molecule has 0 aromatic heterocycles. The van der Waals surface area contributed by atoms with E-state index in [1.807, 2.05) is 0 Å². The maximum Gasteiger partial charge on any atom is 0.305 e. The van der Waals surface area contributed by atoms with Crippen LogP contribution in [0.2, 0.25) is 0 Å². The van der Waals surface area contributed by atoms with Crippen molar-refractivity contribution >= 4 is 11.9 Å². The van der Waals surface area contributed by atoms with Gasteiger partial charge in [-0.1, -0.05) is 168 Å². The highest BCUT2D eigenvalue weighted by molar-refractivity contribution is 5.76. The van der Waals surface area contributed by atoms with E-state index in [1.54, 1.807) is 0 Å². The Balaban J connectivity index is 3.53. The minimum absolute atomic E-state index is 0.0537. The molecular weight excluding hydrogens is 498 g/mol. The first-order chi connectivity index (χ1) is 19.6. The van der Waals surface area contributed by atoms with Gasteiger partial charge in [-0.05, 0) is 12.8 Å². The molecule has 0 aliphatic rings. The van der Waals surface area contributed by atoms with E-state index < -0.39 is 6.04 Å². The molecular formula is C35H69NO4. The van der Waals surface area contributed by atoms with Gasteiger partial charge in [-0.15, -0.1) is 0 Å². The van der Waals surface area contributed by atoms with Crippen molar-refractivity contribution in [2.45, 2.75) is 200 Å². The van der Waals surface area contributed by atoms with Crippen LogP contribution in [0.1, 0.15) is 194 Å². The first kappa shape index (κ1) is 38.9. The molecule has 0 saturated carbocycles. The van der Waals surface area contributed by atoms with Gasteiger partial charge in [0.25, 0.3) is 0 Å². The topological polar surface area (TPSA) is 75.6 Å². The summed E-state index contributed by atoms with van der Waals surface area (Å²) in [5, 5.41) is 12.4. The normalized spacial score (nSPS) is 12.0. The molecule has 0 aromatic rings. The van der Waals surface area contributed by atoms with E-state index >= 15 is 0 Å². The highest BCUT2D eigenvalue weighted by atomic mass is 16.5. The number of esters is 1. The molecule has 0 aliphatic heterocycles. The Morgan fingerprint density at radius 3 is 1.20 bits per heavy atom. The van der Waals surface area contributed by atoms with Crippen molar-refractivity contribution in [1.29, 1.82) is 0 Å². The van der Waals surface area contributed by atoms with E-state index in [-0.39, 0.29) is 25.1 Å². The molecule has 0 spiro atoms. The van der Waals surface area contributed by atoms with Crippen LogP contribution in [-0.4, -0.2) is 36.2 Å². The molecule has 0 saturated heterocycles. The van der Waals surface area contributed by atoms with E-state index in [4.69, 9.17) is 4.74 Å². The lowest BCUT2D eigenvalue weighted by Crippen LogP contribution is -2.41. The van der Waals surface area contributed by atoms with Gasteiger partial charge >= 0.3 is 5.97 Å². The van der Waals surface area contributed by atoms with Crippen molar-refractivity contribution in [3.63, 3.8) is 0 Å². The summed E-state index contributed by atoms with van der Waals surface area (Å²) in [5.41, 5.74) is 0. The van der Waals surface area contributed by atoms with E-state index in [1.165, 1.54) is 141 Å². The fraction of sp³-hybridized carbons (Fsp3) is 0.943. The maximum atomic E-state index is 12.2. The lowest BCUT2D eigenvalue weighted by molar-refractivity contribution is -0.145. The quantitative estimate of drug-likeness (QED) is 0.0626. The van der Waals surface area contributed by atoms with Gasteiger partial charge in [-0.25, -0.2) is 0 Å². The second kappa shape index (κ2) is 32.4. The zero-order valence-electron chi connectivity index (χ0n) is 27.0. The van der Waals surface area contributed by atoms with Crippen LogP contribution in [-0.2, 0) is 14.3 Å². The lowest BCUT2D eigenvalue weighted by atomic mass is 10.0. The largest absolute Gasteiger partial charge is 0.463 e. The summed E-state index contributed by atoms with van der Waals surface area (Å²) in [6.45, 7) is 4.37.